The molecule has 0 aliphatic carbocycles. The number of nitrogens with one attached hydrogen (secondary N) is 2. The predicted molar refractivity (Wildman–Crippen MR) is 93.5 cm³/mol. The van der Waals surface area contributed by atoms with Crippen LogP contribution in [0.3, 0.4) is 0 Å². The van der Waals surface area contributed by atoms with Crippen LogP contribution in [0.5, 0.6) is 0 Å². The van der Waals surface area contributed by atoms with E-state index in [1.807, 2.05) is 0 Å². The number of hydrogen-bond donors (Lipinski definition) is 3. The highest BCUT2D eigenvalue weighted by Crippen LogP contribution is 2.24. The number of ether oxygens (including phenoxy) is 1. The predicted octanol–water partition coefficient (Wildman–Crippen LogP) is 3.25. The minimum Gasteiger partial charge on any atom is -0.480 e. The molecule has 1 unspecified atom stereocenters. The smallest absolute Gasteiger partial charge is 0.408 e. The number of carbonyl (C=O) groups excluding carboxylic acids is 1. The van der Waals surface area contributed by atoms with E-state index in [1.165, 1.54) is 6.20 Å². The SMILES string of the molecule is CC(C)(C)OC(=O)NC(Cc1cn[nH]c1-c1ccc(Cl)cc1)C(=O)O. The van der Waals surface area contributed by atoms with Gasteiger partial charge in [-0.3, -0.25) is 5.10 Å². The first-order chi connectivity index (χ1) is 11.7. The summed E-state index contributed by atoms with van der Waals surface area (Å²) in [5.41, 5.74) is 1.44. The van der Waals surface area contributed by atoms with Crippen LogP contribution in [0.1, 0.15) is 26.3 Å². The summed E-state index contributed by atoms with van der Waals surface area (Å²) >= 11 is 5.88. The molecule has 1 atom stereocenters. The van der Waals surface area contributed by atoms with Crippen molar-refractivity contribution in [3.63, 3.8) is 0 Å². The van der Waals surface area contributed by atoms with E-state index in [2.05, 4.69) is 15.5 Å². The van der Waals surface area contributed by atoms with Crippen molar-refractivity contribution in [2.45, 2.75) is 38.8 Å². The van der Waals surface area contributed by atoms with Crippen molar-refractivity contribution < 1.29 is 19.4 Å². The monoisotopic (exact) mass is 365 g/mol. The number of nitrogens with zero attached hydrogens (tertiary/aromatic N) is 1. The van der Waals surface area contributed by atoms with Crippen LogP contribution in [0.4, 0.5) is 4.79 Å². The fraction of sp³-hybridized carbons (Fsp3) is 0.353. The Morgan fingerprint density at radius 1 is 1.32 bits per heavy atom. The first-order valence-electron chi connectivity index (χ1n) is 7.66. The second-order valence-electron chi connectivity index (χ2n) is 6.52. The van der Waals surface area contributed by atoms with Gasteiger partial charge in [0.2, 0.25) is 0 Å². The van der Waals surface area contributed by atoms with Gasteiger partial charge in [-0.15, -0.1) is 0 Å². The van der Waals surface area contributed by atoms with Gasteiger partial charge in [-0.05, 0) is 38.5 Å². The molecular formula is C17H20ClN3O4. The maximum atomic E-state index is 11.9. The number of halogens is 1. The van der Waals surface area contributed by atoms with Gasteiger partial charge in [0, 0.05) is 17.0 Å². The Morgan fingerprint density at radius 3 is 2.52 bits per heavy atom. The number of carboxylic acid groups (broad SMARTS) is 1. The third-order valence-electron chi connectivity index (χ3n) is 3.26. The second kappa shape index (κ2) is 7.57. The Bertz CT molecular complexity index is 750. The minimum atomic E-state index is -1.16. The van der Waals surface area contributed by atoms with Gasteiger partial charge in [-0.2, -0.15) is 5.10 Å². The molecule has 2 aromatic rings. The van der Waals surface area contributed by atoms with E-state index in [1.54, 1.807) is 45.0 Å². The lowest BCUT2D eigenvalue weighted by molar-refractivity contribution is -0.139. The van der Waals surface area contributed by atoms with Crippen LogP contribution < -0.4 is 5.32 Å². The minimum absolute atomic E-state index is 0.0586. The lowest BCUT2D eigenvalue weighted by Crippen LogP contribution is -2.44. The number of alkyl carbamates (subject to hydrolysis) is 1. The molecular weight excluding hydrogens is 346 g/mol. The average molecular weight is 366 g/mol. The Kier molecular flexibility index (Phi) is 5.69. The summed E-state index contributed by atoms with van der Waals surface area (Å²) in [4.78, 5) is 23.4. The molecule has 1 amide bonds. The molecule has 1 heterocycles. The molecule has 0 aliphatic rings. The lowest BCUT2D eigenvalue weighted by Gasteiger charge is -2.22. The summed E-state index contributed by atoms with van der Waals surface area (Å²) in [6.45, 7) is 5.12. The zero-order valence-electron chi connectivity index (χ0n) is 14.2. The van der Waals surface area contributed by atoms with Crippen LogP contribution in [0.15, 0.2) is 30.5 Å². The summed E-state index contributed by atoms with van der Waals surface area (Å²) in [5, 5.41) is 19.2. The Hall–Kier alpha value is -2.54. The number of amides is 1. The summed E-state index contributed by atoms with van der Waals surface area (Å²) < 4.78 is 5.11. The van der Waals surface area contributed by atoms with E-state index in [4.69, 9.17) is 16.3 Å². The Balaban J connectivity index is 2.16. The molecule has 7 nitrogen and oxygen atoms in total. The summed E-state index contributed by atoms with van der Waals surface area (Å²) in [5.74, 6) is -1.16. The van der Waals surface area contributed by atoms with Crippen molar-refractivity contribution >= 4 is 23.7 Å². The molecule has 1 aromatic heterocycles. The van der Waals surface area contributed by atoms with Gasteiger partial charge < -0.3 is 15.2 Å². The number of rotatable bonds is 5. The first-order valence-corrected chi connectivity index (χ1v) is 8.04. The molecule has 0 aliphatic heterocycles. The van der Waals surface area contributed by atoms with Gasteiger partial charge in [0.15, 0.2) is 0 Å². The Labute approximate surface area is 150 Å². The highest BCUT2D eigenvalue weighted by atomic mass is 35.5. The molecule has 2 rings (SSSR count). The molecule has 0 spiro atoms. The van der Waals surface area contributed by atoms with Crippen molar-refractivity contribution in [1.29, 1.82) is 0 Å². The van der Waals surface area contributed by atoms with Gasteiger partial charge in [0.05, 0.1) is 11.9 Å². The van der Waals surface area contributed by atoms with Crippen molar-refractivity contribution in [2.24, 2.45) is 0 Å². The van der Waals surface area contributed by atoms with Crippen LogP contribution in [0.25, 0.3) is 11.3 Å². The maximum absolute atomic E-state index is 11.9. The molecule has 0 saturated heterocycles. The molecule has 0 bridgehead atoms. The quantitative estimate of drug-likeness (QED) is 0.754. The van der Waals surface area contributed by atoms with E-state index in [0.717, 1.165) is 5.56 Å². The molecule has 1 aromatic carbocycles. The van der Waals surface area contributed by atoms with Crippen LogP contribution in [0, 0.1) is 0 Å². The van der Waals surface area contributed by atoms with Gasteiger partial charge in [-0.25, -0.2) is 9.59 Å². The maximum Gasteiger partial charge on any atom is 0.408 e. The Morgan fingerprint density at radius 2 is 1.96 bits per heavy atom. The number of carbonyl (C=O) groups is 2. The topological polar surface area (TPSA) is 104 Å². The van der Waals surface area contributed by atoms with E-state index < -0.39 is 23.7 Å². The third-order valence-corrected chi connectivity index (χ3v) is 3.52. The normalized spacial score (nSPS) is 12.5. The van der Waals surface area contributed by atoms with Crippen molar-refractivity contribution in [3.8, 4) is 11.3 Å². The van der Waals surface area contributed by atoms with Gasteiger partial charge in [0.1, 0.15) is 11.6 Å². The molecule has 25 heavy (non-hydrogen) atoms. The number of aromatic nitrogens is 2. The number of aromatic amines is 1. The molecule has 8 heteroatoms. The van der Waals surface area contributed by atoms with Crippen molar-refractivity contribution in [3.05, 3.63) is 41.0 Å². The molecule has 0 radical (unpaired) electrons. The number of carboxylic acids is 1. The number of hydrogen-bond acceptors (Lipinski definition) is 4. The highest BCUT2D eigenvalue weighted by molar-refractivity contribution is 6.30. The second-order valence-corrected chi connectivity index (χ2v) is 6.95. The zero-order chi connectivity index (χ0) is 18.6. The standard InChI is InChI=1S/C17H20ClN3O4/c1-17(2,3)25-16(24)20-13(15(22)23)8-11-9-19-21-14(11)10-4-6-12(18)7-5-10/h4-7,9,13H,8H2,1-3H3,(H,19,21)(H,20,24)(H,22,23). The van der Waals surface area contributed by atoms with E-state index in [-0.39, 0.29) is 6.42 Å². The van der Waals surface area contributed by atoms with Crippen molar-refractivity contribution in [1.82, 2.24) is 15.5 Å². The fourth-order valence-electron chi connectivity index (χ4n) is 2.20. The highest BCUT2D eigenvalue weighted by Gasteiger charge is 2.25. The van der Waals surface area contributed by atoms with Gasteiger partial charge >= 0.3 is 12.1 Å². The first kappa shape index (κ1) is 18.8. The lowest BCUT2D eigenvalue weighted by atomic mass is 10.0. The summed E-state index contributed by atoms with van der Waals surface area (Å²) in [7, 11) is 0. The summed E-state index contributed by atoms with van der Waals surface area (Å²) in [6, 6.07) is 5.93. The number of benzene rings is 1. The van der Waals surface area contributed by atoms with E-state index in [0.29, 0.717) is 16.3 Å². The molecule has 3 N–H and O–H groups in total. The molecule has 134 valence electrons. The van der Waals surface area contributed by atoms with Crippen LogP contribution in [0.2, 0.25) is 5.02 Å². The van der Waals surface area contributed by atoms with E-state index >= 15 is 0 Å². The summed E-state index contributed by atoms with van der Waals surface area (Å²) in [6.07, 6.45) is 0.816. The van der Waals surface area contributed by atoms with Gasteiger partial charge in [0.25, 0.3) is 0 Å². The third kappa shape index (κ3) is 5.49. The van der Waals surface area contributed by atoms with Gasteiger partial charge in [-0.1, -0.05) is 23.7 Å². The average Bonchev–Trinajstić information content (AvgIpc) is 2.93. The molecule has 0 saturated carbocycles. The van der Waals surface area contributed by atoms with Crippen LogP contribution in [-0.2, 0) is 16.0 Å². The van der Waals surface area contributed by atoms with E-state index in [9.17, 15) is 14.7 Å². The largest absolute Gasteiger partial charge is 0.480 e. The van der Waals surface area contributed by atoms with Crippen molar-refractivity contribution in [2.75, 3.05) is 0 Å². The zero-order valence-corrected chi connectivity index (χ0v) is 14.9. The number of H-pyrrole nitrogens is 1. The van der Waals surface area contributed by atoms with Crippen LogP contribution in [-0.4, -0.2) is 39.0 Å². The fourth-order valence-corrected chi connectivity index (χ4v) is 2.33. The molecule has 0 fully saturated rings. The van der Waals surface area contributed by atoms with Crippen LogP contribution >= 0.6 is 11.6 Å². The number of aliphatic carboxylic acids is 1.